The SMILES string of the molecule is Cc1ccccc1Cn1nc(C)c(NC(=S)NCc2ccc(Cl)cc2)c1C. The van der Waals surface area contributed by atoms with Crippen LogP contribution in [-0.2, 0) is 13.1 Å². The molecule has 2 N–H and O–H groups in total. The van der Waals surface area contributed by atoms with Crippen LogP contribution >= 0.6 is 23.8 Å². The highest BCUT2D eigenvalue weighted by molar-refractivity contribution is 7.80. The molecule has 27 heavy (non-hydrogen) atoms. The third kappa shape index (κ3) is 4.87. The molecular weight excluding hydrogens is 376 g/mol. The second-order valence-corrected chi connectivity index (χ2v) is 7.41. The monoisotopic (exact) mass is 398 g/mol. The lowest BCUT2D eigenvalue weighted by Crippen LogP contribution is -2.28. The van der Waals surface area contributed by atoms with Crippen LogP contribution in [0.25, 0.3) is 0 Å². The molecule has 6 heteroatoms. The van der Waals surface area contributed by atoms with Gasteiger partial charge in [-0.3, -0.25) is 4.68 Å². The fourth-order valence-electron chi connectivity index (χ4n) is 2.92. The Hall–Kier alpha value is -2.37. The minimum Gasteiger partial charge on any atom is -0.358 e. The van der Waals surface area contributed by atoms with Gasteiger partial charge in [0, 0.05) is 11.6 Å². The van der Waals surface area contributed by atoms with Crippen molar-refractivity contribution in [3.8, 4) is 0 Å². The maximum Gasteiger partial charge on any atom is 0.171 e. The molecule has 0 aliphatic rings. The molecule has 0 spiro atoms. The molecule has 0 fully saturated rings. The van der Waals surface area contributed by atoms with Crippen molar-refractivity contribution in [1.29, 1.82) is 0 Å². The van der Waals surface area contributed by atoms with Gasteiger partial charge in [-0.1, -0.05) is 48.0 Å². The Morgan fingerprint density at radius 3 is 2.48 bits per heavy atom. The van der Waals surface area contributed by atoms with E-state index in [1.54, 1.807) is 0 Å². The first-order valence-corrected chi connectivity index (χ1v) is 9.60. The Balaban J connectivity index is 1.66. The van der Waals surface area contributed by atoms with Crippen molar-refractivity contribution in [3.05, 3.63) is 81.6 Å². The molecular formula is C21H23ClN4S. The number of rotatable bonds is 5. The number of anilines is 1. The molecule has 0 saturated carbocycles. The zero-order chi connectivity index (χ0) is 19.4. The number of aromatic nitrogens is 2. The molecule has 0 aliphatic heterocycles. The summed E-state index contributed by atoms with van der Waals surface area (Å²) in [6.45, 7) is 7.55. The van der Waals surface area contributed by atoms with E-state index in [1.165, 1.54) is 11.1 Å². The lowest BCUT2D eigenvalue weighted by molar-refractivity contribution is 0.657. The Labute approximate surface area is 170 Å². The van der Waals surface area contributed by atoms with E-state index >= 15 is 0 Å². The van der Waals surface area contributed by atoms with Gasteiger partial charge in [-0.15, -0.1) is 0 Å². The number of hydrogen-bond acceptors (Lipinski definition) is 2. The maximum atomic E-state index is 5.92. The average molecular weight is 399 g/mol. The van der Waals surface area contributed by atoms with Gasteiger partial charge >= 0.3 is 0 Å². The minimum absolute atomic E-state index is 0.576. The average Bonchev–Trinajstić information content (AvgIpc) is 2.90. The van der Waals surface area contributed by atoms with Crippen LogP contribution in [0.3, 0.4) is 0 Å². The summed E-state index contributed by atoms with van der Waals surface area (Å²) in [7, 11) is 0. The van der Waals surface area contributed by atoms with Crippen LogP contribution in [0.15, 0.2) is 48.5 Å². The highest BCUT2D eigenvalue weighted by Crippen LogP contribution is 2.21. The Bertz CT molecular complexity index is 947. The Morgan fingerprint density at radius 2 is 1.78 bits per heavy atom. The molecule has 1 heterocycles. The second kappa shape index (κ2) is 8.55. The molecule has 0 atom stereocenters. The molecule has 0 unspecified atom stereocenters. The van der Waals surface area contributed by atoms with Crippen molar-refractivity contribution in [2.45, 2.75) is 33.9 Å². The van der Waals surface area contributed by atoms with E-state index < -0.39 is 0 Å². The maximum absolute atomic E-state index is 5.92. The van der Waals surface area contributed by atoms with Crippen molar-refractivity contribution in [2.24, 2.45) is 0 Å². The first-order valence-electron chi connectivity index (χ1n) is 8.82. The number of nitrogens with one attached hydrogen (secondary N) is 2. The summed E-state index contributed by atoms with van der Waals surface area (Å²) in [6.07, 6.45) is 0. The normalized spacial score (nSPS) is 10.7. The molecule has 0 saturated heterocycles. The number of aryl methyl sites for hydroxylation is 2. The number of thiocarbonyl (C=S) groups is 1. The number of benzene rings is 2. The van der Waals surface area contributed by atoms with Crippen LogP contribution in [0.2, 0.25) is 5.02 Å². The van der Waals surface area contributed by atoms with Gasteiger partial charge in [-0.05, 0) is 61.8 Å². The fourth-order valence-corrected chi connectivity index (χ4v) is 3.22. The fraction of sp³-hybridized carbons (Fsp3) is 0.238. The molecule has 2 aromatic carbocycles. The summed E-state index contributed by atoms with van der Waals surface area (Å²) in [4.78, 5) is 0. The van der Waals surface area contributed by atoms with Crippen LogP contribution in [-0.4, -0.2) is 14.9 Å². The second-order valence-electron chi connectivity index (χ2n) is 6.56. The van der Waals surface area contributed by atoms with Crippen LogP contribution in [0, 0.1) is 20.8 Å². The summed E-state index contributed by atoms with van der Waals surface area (Å²) < 4.78 is 2.02. The van der Waals surface area contributed by atoms with Crippen LogP contribution in [0.1, 0.15) is 28.1 Å². The summed E-state index contributed by atoms with van der Waals surface area (Å²) in [5.74, 6) is 0. The van der Waals surface area contributed by atoms with Gasteiger partial charge in [0.2, 0.25) is 0 Å². The van der Waals surface area contributed by atoms with Gasteiger partial charge in [-0.2, -0.15) is 5.10 Å². The van der Waals surface area contributed by atoms with Gasteiger partial charge < -0.3 is 10.6 Å². The van der Waals surface area contributed by atoms with Gasteiger partial charge in [0.15, 0.2) is 5.11 Å². The van der Waals surface area contributed by atoms with Crippen molar-refractivity contribution in [1.82, 2.24) is 15.1 Å². The predicted molar refractivity (Wildman–Crippen MR) is 116 cm³/mol. The smallest absolute Gasteiger partial charge is 0.171 e. The Morgan fingerprint density at radius 1 is 1.07 bits per heavy atom. The molecule has 3 rings (SSSR count). The summed E-state index contributed by atoms with van der Waals surface area (Å²) in [6, 6.07) is 16.1. The number of nitrogens with zero attached hydrogens (tertiary/aromatic N) is 2. The largest absolute Gasteiger partial charge is 0.358 e. The molecule has 0 aliphatic carbocycles. The molecule has 3 aromatic rings. The molecule has 4 nitrogen and oxygen atoms in total. The minimum atomic E-state index is 0.576. The zero-order valence-corrected chi connectivity index (χ0v) is 17.3. The van der Waals surface area contributed by atoms with Crippen molar-refractivity contribution < 1.29 is 0 Å². The highest BCUT2D eigenvalue weighted by Gasteiger charge is 2.13. The first-order chi connectivity index (χ1) is 12.9. The lowest BCUT2D eigenvalue weighted by atomic mass is 10.1. The summed E-state index contributed by atoms with van der Waals surface area (Å²) in [5, 5.41) is 12.5. The van der Waals surface area contributed by atoms with Gasteiger partial charge in [0.1, 0.15) is 0 Å². The van der Waals surface area contributed by atoms with E-state index in [2.05, 4.69) is 53.8 Å². The molecule has 0 amide bonds. The van der Waals surface area contributed by atoms with E-state index in [0.717, 1.165) is 34.2 Å². The van der Waals surface area contributed by atoms with Crippen LogP contribution < -0.4 is 10.6 Å². The Kier molecular flexibility index (Phi) is 6.14. The van der Waals surface area contributed by atoms with Crippen molar-refractivity contribution in [3.63, 3.8) is 0 Å². The van der Waals surface area contributed by atoms with Crippen molar-refractivity contribution >= 4 is 34.6 Å². The van der Waals surface area contributed by atoms with Crippen molar-refractivity contribution in [2.75, 3.05) is 5.32 Å². The first kappa shape index (κ1) is 19.4. The van der Waals surface area contributed by atoms with Gasteiger partial charge in [0.05, 0.1) is 23.6 Å². The lowest BCUT2D eigenvalue weighted by Gasteiger charge is -2.12. The highest BCUT2D eigenvalue weighted by atomic mass is 35.5. The topological polar surface area (TPSA) is 41.9 Å². The predicted octanol–water partition coefficient (Wildman–Crippen LogP) is 5.00. The third-order valence-electron chi connectivity index (χ3n) is 4.57. The van der Waals surface area contributed by atoms with Gasteiger partial charge in [0.25, 0.3) is 0 Å². The van der Waals surface area contributed by atoms with E-state index in [9.17, 15) is 0 Å². The van der Waals surface area contributed by atoms with E-state index in [0.29, 0.717) is 11.7 Å². The third-order valence-corrected chi connectivity index (χ3v) is 5.07. The van der Waals surface area contributed by atoms with Crippen LogP contribution in [0.5, 0.6) is 0 Å². The van der Waals surface area contributed by atoms with Crippen LogP contribution in [0.4, 0.5) is 5.69 Å². The standard InChI is InChI=1S/C21H23ClN4S/c1-14-6-4-5-7-18(14)13-26-16(3)20(15(2)25-26)24-21(27)23-12-17-8-10-19(22)11-9-17/h4-11H,12-13H2,1-3H3,(H2,23,24,27). The molecule has 140 valence electrons. The van der Waals surface area contributed by atoms with E-state index in [-0.39, 0.29) is 0 Å². The van der Waals surface area contributed by atoms with E-state index in [4.69, 9.17) is 23.8 Å². The quantitative estimate of drug-likeness (QED) is 0.593. The number of halogens is 1. The molecule has 0 bridgehead atoms. The number of hydrogen-bond donors (Lipinski definition) is 2. The summed E-state index contributed by atoms with van der Waals surface area (Å²) in [5.41, 5.74) is 6.59. The molecule has 0 radical (unpaired) electrons. The molecule has 1 aromatic heterocycles. The summed E-state index contributed by atoms with van der Waals surface area (Å²) >= 11 is 11.4. The van der Waals surface area contributed by atoms with Gasteiger partial charge in [-0.25, -0.2) is 0 Å². The van der Waals surface area contributed by atoms with E-state index in [1.807, 2.05) is 35.9 Å². The zero-order valence-electron chi connectivity index (χ0n) is 15.7.